The number of thiophene rings is 1. The lowest BCUT2D eigenvalue weighted by Crippen LogP contribution is -2.00. The van der Waals surface area contributed by atoms with Crippen molar-refractivity contribution in [2.75, 3.05) is 0 Å². The van der Waals surface area contributed by atoms with E-state index in [9.17, 15) is 0 Å². The summed E-state index contributed by atoms with van der Waals surface area (Å²) in [6.07, 6.45) is 0. The van der Waals surface area contributed by atoms with Crippen LogP contribution in [0.3, 0.4) is 0 Å². The van der Waals surface area contributed by atoms with E-state index in [0.717, 1.165) is 44.7 Å². The van der Waals surface area contributed by atoms with Crippen LogP contribution in [-0.2, 0) is 0 Å². The van der Waals surface area contributed by atoms with Crippen molar-refractivity contribution in [3.63, 3.8) is 0 Å². The van der Waals surface area contributed by atoms with Gasteiger partial charge in [0.2, 0.25) is 0 Å². The molecule has 4 heterocycles. The predicted molar refractivity (Wildman–Crippen MR) is 268 cm³/mol. The van der Waals surface area contributed by atoms with Crippen molar-refractivity contribution in [3.8, 4) is 55.3 Å². The van der Waals surface area contributed by atoms with Gasteiger partial charge in [0.15, 0.2) is 0 Å². The molecule has 63 heavy (non-hydrogen) atoms. The predicted octanol–water partition coefficient (Wildman–Crippen LogP) is 16.3. The lowest BCUT2D eigenvalue weighted by molar-refractivity contribution is 1.13. The minimum absolute atomic E-state index is 0.972. The Morgan fingerprint density at radius 2 is 0.778 bits per heavy atom. The van der Waals surface area contributed by atoms with Crippen LogP contribution in [-0.4, -0.2) is 14.1 Å². The van der Waals surface area contributed by atoms with Gasteiger partial charge in [-0.3, -0.25) is 0 Å². The number of nitrogens with zero attached hydrogens (tertiary/aromatic N) is 3. The molecule has 13 rings (SSSR count). The van der Waals surface area contributed by atoms with Gasteiger partial charge in [-0.15, -0.1) is 11.3 Å². The Hall–Kier alpha value is -8.05. The maximum atomic E-state index is 5.66. The van der Waals surface area contributed by atoms with Gasteiger partial charge in [0.1, 0.15) is 0 Å². The van der Waals surface area contributed by atoms with Crippen LogP contribution in [0.2, 0.25) is 0 Å². The van der Waals surface area contributed by atoms with E-state index in [0.29, 0.717) is 0 Å². The molecule has 13 aromatic rings. The van der Waals surface area contributed by atoms with Crippen molar-refractivity contribution >= 4 is 75.9 Å². The van der Waals surface area contributed by atoms with Gasteiger partial charge in [0.05, 0.1) is 33.3 Å². The number of rotatable bonds is 6. The summed E-state index contributed by atoms with van der Waals surface area (Å²) in [6.45, 7) is 0. The molecule has 0 aliphatic carbocycles. The van der Waals surface area contributed by atoms with E-state index in [4.69, 9.17) is 4.98 Å². The van der Waals surface area contributed by atoms with E-state index in [-0.39, 0.29) is 0 Å². The average Bonchev–Trinajstić information content (AvgIpc) is 4.03. The Labute approximate surface area is 368 Å². The molecule has 9 aromatic carbocycles. The first kappa shape index (κ1) is 35.7. The van der Waals surface area contributed by atoms with Gasteiger partial charge >= 0.3 is 0 Å². The van der Waals surface area contributed by atoms with Gasteiger partial charge in [-0.05, 0) is 70.8 Å². The topological polar surface area (TPSA) is 22.8 Å². The van der Waals surface area contributed by atoms with E-state index in [1.165, 1.54) is 75.3 Å². The van der Waals surface area contributed by atoms with E-state index >= 15 is 0 Å². The molecule has 0 saturated heterocycles. The fourth-order valence-electron chi connectivity index (χ4n) is 9.92. The molecular formula is C59H37N3S. The van der Waals surface area contributed by atoms with E-state index < -0.39 is 0 Å². The summed E-state index contributed by atoms with van der Waals surface area (Å²) >= 11 is 1.87. The Balaban J connectivity index is 1.11. The quantitative estimate of drug-likeness (QED) is 0.164. The molecule has 0 radical (unpaired) electrons. The molecule has 0 N–H and O–H groups in total. The number of pyridine rings is 1. The summed E-state index contributed by atoms with van der Waals surface area (Å²) in [5, 5.41) is 7.31. The zero-order chi connectivity index (χ0) is 41.4. The van der Waals surface area contributed by atoms with Crippen LogP contribution >= 0.6 is 11.3 Å². The Morgan fingerprint density at radius 1 is 0.333 bits per heavy atom. The number of aromatic nitrogens is 3. The highest BCUT2D eigenvalue weighted by atomic mass is 32.1. The minimum atomic E-state index is 0.972. The molecule has 294 valence electrons. The van der Waals surface area contributed by atoms with Crippen LogP contribution in [0, 0.1) is 0 Å². The monoisotopic (exact) mass is 819 g/mol. The van der Waals surface area contributed by atoms with Crippen molar-refractivity contribution in [2.45, 2.75) is 0 Å². The molecule has 0 saturated carbocycles. The van der Waals surface area contributed by atoms with Crippen molar-refractivity contribution in [2.24, 2.45) is 0 Å². The highest BCUT2D eigenvalue weighted by Crippen LogP contribution is 2.50. The number of hydrogen-bond donors (Lipinski definition) is 0. The third-order valence-corrected chi connectivity index (χ3v) is 13.9. The second-order valence-electron chi connectivity index (χ2n) is 16.3. The lowest BCUT2D eigenvalue weighted by atomic mass is 9.94. The van der Waals surface area contributed by atoms with Gasteiger partial charge in [-0.2, -0.15) is 0 Å². The molecule has 3 nitrogen and oxygen atoms in total. The van der Waals surface area contributed by atoms with Crippen LogP contribution in [0.4, 0.5) is 0 Å². The fraction of sp³-hybridized carbons (Fsp3) is 0. The molecule has 0 unspecified atom stereocenters. The highest BCUT2D eigenvalue weighted by Gasteiger charge is 2.23. The first-order chi connectivity index (χ1) is 31.3. The SMILES string of the molecule is c1ccc(-c2sc3c(c(-c4ccccc4)nc4cc(-c5cc(-n6c7ccccc7c7ccccc76)cc(-n6c7ccccc7c7ccccc76)c5)ccc43)c2-c2ccccc2)cc1. The summed E-state index contributed by atoms with van der Waals surface area (Å²) in [7, 11) is 0. The first-order valence-corrected chi connectivity index (χ1v) is 22.3. The number of fused-ring (bicyclic) bond motifs is 9. The van der Waals surface area contributed by atoms with Gasteiger partial charge in [-0.1, -0.05) is 176 Å². The summed E-state index contributed by atoms with van der Waals surface area (Å²) in [4.78, 5) is 6.91. The second kappa shape index (κ2) is 14.3. The molecule has 0 bridgehead atoms. The van der Waals surface area contributed by atoms with E-state index in [1.807, 2.05) is 11.3 Å². The summed E-state index contributed by atoms with van der Waals surface area (Å²) < 4.78 is 6.11. The molecule has 0 amide bonds. The van der Waals surface area contributed by atoms with Crippen LogP contribution < -0.4 is 0 Å². The Morgan fingerprint density at radius 3 is 1.29 bits per heavy atom. The molecule has 0 aliphatic rings. The Kier molecular flexibility index (Phi) is 8.08. The van der Waals surface area contributed by atoms with Gasteiger partial charge in [0.25, 0.3) is 0 Å². The standard InChI is InChI=1S/C59H37N3S/c1-4-18-38(19-5-1)55-56-57(39-20-6-2-7-21-39)60-50-36-41(32-33-49(50)59(56)63-58(55)40-22-8-3-9-23-40)42-34-43(61-51-28-14-10-24-45(51)46-25-11-15-29-52(46)61)37-44(35-42)62-53-30-16-12-26-47(53)48-27-13-17-31-54(48)62/h1-37H. The highest BCUT2D eigenvalue weighted by molar-refractivity contribution is 7.24. The molecule has 4 aromatic heterocycles. The summed E-state index contributed by atoms with van der Waals surface area (Å²) in [5.74, 6) is 0. The summed E-state index contributed by atoms with van der Waals surface area (Å²) in [5.41, 5.74) is 15.9. The third kappa shape index (κ3) is 5.62. The molecule has 4 heteroatoms. The molecule has 0 aliphatic heterocycles. The zero-order valence-corrected chi connectivity index (χ0v) is 34.9. The number of benzene rings is 9. The fourth-order valence-corrected chi connectivity index (χ4v) is 11.3. The van der Waals surface area contributed by atoms with Crippen molar-refractivity contribution < 1.29 is 0 Å². The van der Waals surface area contributed by atoms with Gasteiger partial charge in [-0.25, -0.2) is 4.98 Å². The lowest BCUT2D eigenvalue weighted by Gasteiger charge is -2.16. The maximum Gasteiger partial charge on any atom is 0.0803 e. The molecular weight excluding hydrogens is 783 g/mol. The number of hydrogen-bond acceptors (Lipinski definition) is 2. The smallest absolute Gasteiger partial charge is 0.0803 e. The van der Waals surface area contributed by atoms with Crippen molar-refractivity contribution in [1.29, 1.82) is 0 Å². The van der Waals surface area contributed by atoms with Crippen molar-refractivity contribution in [1.82, 2.24) is 14.1 Å². The second-order valence-corrected chi connectivity index (χ2v) is 17.3. The molecule has 0 spiro atoms. The molecule has 0 atom stereocenters. The first-order valence-electron chi connectivity index (χ1n) is 21.5. The summed E-state index contributed by atoms with van der Waals surface area (Å²) in [6, 6.07) is 81.4. The van der Waals surface area contributed by atoms with Crippen molar-refractivity contribution in [3.05, 3.63) is 224 Å². The maximum absolute atomic E-state index is 5.66. The normalized spacial score (nSPS) is 11.8. The largest absolute Gasteiger partial charge is 0.309 e. The van der Waals surface area contributed by atoms with E-state index in [1.54, 1.807) is 0 Å². The van der Waals surface area contributed by atoms with Crippen LogP contribution in [0.1, 0.15) is 0 Å². The number of para-hydroxylation sites is 4. The average molecular weight is 820 g/mol. The van der Waals surface area contributed by atoms with E-state index in [2.05, 4.69) is 234 Å². The van der Waals surface area contributed by atoms with Crippen LogP contribution in [0.25, 0.3) is 120 Å². The zero-order valence-electron chi connectivity index (χ0n) is 34.1. The van der Waals surface area contributed by atoms with Gasteiger partial charge in [0, 0.05) is 64.4 Å². The minimum Gasteiger partial charge on any atom is -0.309 e. The van der Waals surface area contributed by atoms with Gasteiger partial charge < -0.3 is 9.13 Å². The Bertz CT molecular complexity index is 3660. The van der Waals surface area contributed by atoms with Crippen LogP contribution in [0.5, 0.6) is 0 Å². The van der Waals surface area contributed by atoms with Crippen LogP contribution in [0.15, 0.2) is 224 Å². The molecule has 0 fully saturated rings. The third-order valence-electron chi connectivity index (χ3n) is 12.7.